The monoisotopic (exact) mass is 228 g/mol. The van der Waals surface area contributed by atoms with Gasteiger partial charge in [0.25, 0.3) is 5.90 Å². The molecule has 0 radical (unpaired) electrons. The molecule has 0 aromatic rings. The van der Waals surface area contributed by atoms with Gasteiger partial charge in [0.1, 0.15) is 0 Å². The fraction of sp³-hybridized carbons (Fsp3) is 0.857. The van der Waals surface area contributed by atoms with E-state index in [1.54, 1.807) is 19.6 Å². The van der Waals surface area contributed by atoms with Crippen molar-refractivity contribution in [1.29, 1.82) is 0 Å². The maximum Gasteiger partial charge on any atom is 0.468 e. The lowest BCUT2D eigenvalue weighted by molar-refractivity contribution is -0.0730. The van der Waals surface area contributed by atoms with E-state index in [4.69, 9.17) is 4.43 Å². The van der Waals surface area contributed by atoms with Crippen LogP contribution in [0.15, 0.2) is 5.10 Å². The minimum Gasteiger partial charge on any atom is -0.527 e. The van der Waals surface area contributed by atoms with Gasteiger partial charge in [0.2, 0.25) is 8.32 Å². The molecule has 0 bridgehead atoms. The summed E-state index contributed by atoms with van der Waals surface area (Å²) in [6.07, 6.45) is -4.52. The SMILES string of the molecule is CN(C)/N=C(/O[Si](C)(C)C)C(F)(F)F. The Bertz CT molecular complexity index is 220. The molecule has 0 aliphatic rings. The van der Waals surface area contributed by atoms with Crippen molar-refractivity contribution < 1.29 is 17.6 Å². The summed E-state index contributed by atoms with van der Waals surface area (Å²) in [5.74, 6) is -1.17. The van der Waals surface area contributed by atoms with Gasteiger partial charge in [0.05, 0.1) is 0 Å². The smallest absolute Gasteiger partial charge is 0.468 e. The van der Waals surface area contributed by atoms with Gasteiger partial charge in [0, 0.05) is 14.1 Å². The summed E-state index contributed by atoms with van der Waals surface area (Å²) in [7, 11) is 0.558. The molecule has 3 nitrogen and oxygen atoms in total. The van der Waals surface area contributed by atoms with E-state index in [-0.39, 0.29) is 0 Å². The predicted octanol–water partition coefficient (Wildman–Crippen LogP) is 2.28. The molecule has 0 unspecified atom stereocenters. The van der Waals surface area contributed by atoms with Gasteiger partial charge in [-0.2, -0.15) is 13.2 Å². The lowest BCUT2D eigenvalue weighted by Crippen LogP contribution is -2.38. The van der Waals surface area contributed by atoms with E-state index in [1.807, 2.05) is 0 Å². The Morgan fingerprint density at radius 1 is 1.21 bits per heavy atom. The van der Waals surface area contributed by atoms with Gasteiger partial charge in [-0.15, -0.1) is 5.10 Å². The van der Waals surface area contributed by atoms with Crippen molar-refractivity contribution in [3.05, 3.63) is 0 Å². The van der Waals surface area contributed by atoms with Crippen LogP contribution in [-0.2, 0) is 4.43 Å². The van der Waals surface area contributed by atoms with Crippen LogP contribution in [0.2, 0.25) is 19.6 Å². The van der Waals surface area contributed by atoms with Crippen molar-refractivity contribution in [3.8, 4) is 0 Å². The Labute approximate surface area is 82.7 Å². The fourth-order valence-corrected chi connectivity index (χ4v) is 1.34. The lowest BCUT2D eigenvalue weighted by Gasteiger charge is -2.22. The zero-order valence-electron chi connectivity index (χ0n) is 8.94. The van der Waals surface area contributed by atoms with Crippen LogP contribution in [0.25, 0.3) is 0 Å². The highest BCUT2D eigenvalue weighted by molar-refractivity contribution is 6.71. The maximum absolute atomic E-state index is 12.4. The minimum atomic E-state index is -4.52. The molecule has 0 saturated carbocycles. The number of hydrogen-bond acceptors (Lipinski definition) is 3. The zero-order valence-corrected chi connectivity index (χ0v) is 9.94. The van der Waals surface area contributed by atoms with Crippen LogP contribution in [0, 0.1) is 0 Å². The molecule has 0 aromatic carbocycles. The Morgan fingerprint density at radius 2 is 1.64 bits per heavy atom. The molecule has 0 fully saturated rings. The van der Waals surface area contributed by atoms with Crippen molar-refractivity contribution in [3.63, 3.8) is 0 Å². The Hall–Kier alpha value is -0.723. The minimum absolute atomic E-state index is 1.07. The maximum atomic E-state index is 12.4. The standard InChI is InChI=1S/C7H15F3N2OSi/c1-12(2)11-6(7(8,9)10)13-14(3,4)5/h1-5H3/b11-6+. The first-order valence-electron chi connectivity index (χ1n) is 4.04. The fourth-order valence-electron chi connectivity index (χ4n) is 0.607. The number of halogens is 3. The van der Waals surface area contributed by atoms with E-state index in [9.17, 15) is 13.2 Å². The van der Waals surface area contributed by atoms with Crippen molar-refractivity contribution in [1.82, 2.24) is 5.01 Å². The summed E-state index contributed by atoms with van der Waals surface area (Å²) in [4.78, 5) is 0. The first kappa shape index (κ1) is 13.3. The van der Waals surface area contributed by atoms with Gasteiger partial charge in [0.15, 0.2) is 0 Å². The van der Waals surface area contributed by atoms with E-state index in [1.165, 1.54) is 14.1 Å². The first-order chi connectivity index (χ1) is 6.02. The third-order valence-electron chi connectivity index (χ3n) is 0.936. The highest BCUT2D eigenvalue weighted by Crippen LogP contribution is 2.21. The summed E-state index contributed by atoms with van der Waals surface area (Å²) in [5, 5.41) is 4.34. The number of nitrogens with zero attached hydrogens (tertiary/aromatic N) is 2. The van der Waals surface area contributed by atoms with Crippen LogP contribution >= 0.6 is 0 Å². The zero-order chi connectivity index (χ0) is 11.6. The molecule has 0 atom stereocenters. The molecule has 14 heavy (non-hydrogen) atoms. The highest BCUT2D eigenvalue weighted by Gasteiger charge is 2.41. The molecule has 0 heterocycles. The third kappa shape index (κ3) is 5.84. The molecule has 0 aliphatic carbocycles. The van der Waals surface area contributed by atoms with Crippen molar-refractivity contribution in [2.75, 3.05) is 14.1 Å². The molecule has 0 amide bonds. The molecule has 0 N–H and O–H groups in total. The van der Waals surface area contributed by atoms with Crippen LogP contribution in [-0.4, -0.2) is 39.5 Å². The average molecular weight is 228 g/mol. The van der Waals surface area contributed by atoms with Crippen molar-refractivity contribution >= 4 is 14.2 Å². The molecule has 0 rings (SSSR count). The van der Waals surface area contributed by atoms with Gasteiger partial charge in [-0.25, -0.2) is 0 Å². The number of hydrazone groups is 1. The molecule has 0 spiro atoms. The largest absolute Gasteiger partial charge is 0.527 e. The second-order valence-corrected chi connectivity index (χ2v) is 8.39. The second-order valence-electron chi connectivity index (χ2n) is 3.96. The van der Waals surface area contributed by atoms with Crippen LogP contribution in [0.3, 0.4) is 0 Å². The van der Waals surface area contributed by atoms with E-state index in [2.05, 4.69) is 5.10 Å². The molecule has 7 heteroatoms. The van der Waals surface area contributed by atoms with Gasteiger partial charge in [-0.3, -0.25) is 5.01 Å². The average Bonchev–Trinajstić information content (AvgIpc) is 1.78. The highest BCUT2D eigenvalue weighted by atomic mass is 28.4. The molecular formula is C7H15F3N2OSi. The summed E-state index contributed by atoms with van der Waals surface area (Å²) >= 11 is 0. The first-order valence-corrected chi connectivity index (χ1v) is 7.45. The number of rotatable bonds is 2. The van der Waals surface area contributed by atoms with Crippen molar-refractivity contribution in [2.24, 2.45) is 5.10 Å². The van der Waals surface area contributed by atoms with E-state index < -0.39 is 20.4 Å². The van der Waals surface area contributed by atoms with Crippen LogP contribution in [0.4, 0.5) is 13.2 Å². The Balaban J connectivity index is 4.77. The van der Waals surface area contributed by atoms with Gasteiger partial charge in [-0.1, -0.05) is 0 Å². The number of alkyl halides is 3. The van der Waals surface area contributed by atoms with Gasteiger partial charge < -0.3 is 4.43 Å². The topological polar surface area (TPSA) is 24.8 Å². The number of hydrogen-bond donors (Lipinski definition) is 0. The summed E-state index contributed by atoms with van der Waals surface area (Å²) in [6.45, 7) is 5.01. The summed E-state index contributed by atoms with van der Waals surface area (Å²) in [5.41, 5.74) is 0. The lowest BCUT2D eigenvalue weighted by atomic mass is 10.6. The second kappa shape index (κ2) is 4.20. The molecule has 0 aliphatic heterocycles. The molecule has 0 aromatic heterocycles. The third-order valence-corrected chi connectivity index (χ3v) is 1.74. The van der Waals surface area contributed by atoms with Crippen LogP contribution in [0.1, 0.15) is 0 Å². The molecule has 0 saturated heterocycles. The normalized spacial score (nSPS) is 14.1. The predicted molar refractivity (Wildman–Crippen MR) is 51.6 cm³/mol. The summed E-state index contributed by atoms with van der Waals surface area (Å²) in [6, 6.07) is 0. The van der Waals surface area contributed by atoms with E-state index in [0.717, 1.165) is 5.01 Å². The Morgan fingerprint density at radius 3 is 1.86 bits per heavy atom. The van der Waals surface area contributed by atoms with Crippen LogP contribution in [0.5, 0.6) is 0 Å². The van der Waals surface area contributed by atoms with E-state index >= 15 is 0 Å². The van der Waals surface area contributed by atoms with Crippen LogP contribution < -0.4 is 0 Å². The van der Waals surface area contributed by atoms with E-state index in [0.29, 0.717) is 0 Å². The summed E-state index contributed by atoms with van der Waals surface area (Å²) < 4.78 is 41.9. The molecule has 84 valence electrons. The van der Waals surface area contributed by atoms with Gasteiger partial charge >= 0.3 is 6.18 Å². The molecular weight excluding hydrogens is 213 g/mol. The quantitative estimate of drug-likeness (QED) is 0.313. The van der Waals surface area contributed by atoms with Crippen molar-refractivity contribution in [2.45, 2.75) is 25.8 Å². The van der Waals surface area contributed by atoms with Gasteiger partial charge in [-0.05, 0) is 19.6 Å². The Kier molecular flexibility index (Phi) is 3.98.